The third kappa shape index (κ3) is 3.94. The highest BCUT2D eigenvalue weighted by molar-refractivity contribution is 6.39. The van der Waals surface area contributed by atoms with E-state index in [0.717, 1.165) is 16.5 Å². The van der Waals surface area contributed by atoms with Crippen LogP contribution in [0.15, 0.2) is 66.7 Å². The molecule has 0 atom stereocenters. The molecule has 5 nitrogen and oxygen atoms in total. The summed E-state index contributed by atoms with van der Waals surface area (Å²) < 4.78 is 0. The van der Waals surface area contributed by atoms with E-state index >= 15 is 0 Å². The average Bonchev–Trinajstić information content (AvgIpc) is 2.73. The van der Waals surface area contributed by atoms with Crippen molar-refractivity contribution < 1.29 is 9.59 Å². The van der Waals surface area contributed by atoms with Crippen LogP contribution in [0.4, 0.5) is 11.4 Å². The number of hydrogen-bond donors (Lipinski definition) is 1. The van der Waals surface area contributed by atoms with E-state index < -0.39 is 11.8 Å². The minimum atomic E-state index is -0.605. The molecule has 142 valence electrons. The molecule has 0 aromatic heterocycles. The van der Waals surface area contributed by atoms with Crippen molar-refractivity contribution in [3.8, 4) is 0 Å². The summed E-state index contributed by atoms with van der Waals surface area (Å²) in [6.45, 7) is 2.32. The molecule has 1 saturated heterocycles. The normalized spacial score (nSPS) is 14.2. The summed E-state index contributed by atoms with van der Waals surface area (Å²) >= 11 is 6.05. The second-order valence-corrected chi connectivity index (χ2v) is 7.21. The zero-order valence-electron chi connectivity index (χ0n) is 15.3. The fourth-order valence-corrected chi connectivity index (χ4v) is 3.62. The molecule has 3 aromatic rings. The molecule has 6 heteroatoms. The Morgan fingerprint density at radius 1 is 0.821 bits per heavy atom. The number of fused-ring (bicyclic) bond motifs is 1. The zero-order chi connectivity index (χ0) is 19.5. The van der Waals surface area contributed by atoms with Gasteiger partial charge in [-0.05, 0) is 41.1 Å². The second kappa shape index (κ2) is 7.90. The van der Waals surface area contributed by atoms with Crippen molar-refractivity contribution >= 4 is 45.6 Å². The highest BCUT2D eigenvalue weighted by atomic mass is 35.5. The van der Waals surface area contributed by atoms with Gasteiger partial charge >= 0.3 is 11.8 Å². The Labute approximate surface area is 168 Å². The molecular formula is C22H20ClN3O2. The van der Waals surface area contributed by atoms with Gasteiger partial charge in [-0.25, -0.2) is 0 Å². The molecule has 1 aliphatic heterocycles. The van der Waals surface area contributed by atoms with E-state index in [-0.39, 0.29) is 0 Å². The van der Waals surface area contributed by atoms with Gasteiger partial charge in [0.15, 0.2) is 0 Å². The summed E-state index contributed by atoms with van der Waals surface area (Å²) in [6.07, 6.45) is 0. The molecule has 0 spiro atoms. The second-order valence-electron chi connectivity index (χ2n) is 6.78. The SMILES string of the molecule is O=C(Nc1ccc2ccccc2c1)C(=O)N1CCN(c2cccc(Cl)c2)CC1. The Balaban J connectivity index is 1.37. The van der Waals surface area contributed by atoms with Crippen LogP contribution < -0.4 is 10.2 Å². The van der Waals surface area contributed by atoms with Crippen LogP contribution in [0.2, 0.25) is 5.02 Å². The Bertz CT molecular complexity index is 1030. The van der Waals surface area contributed by atoms with E-state index in [4.69, 9.17) is 11.6 Å². The van der Waals surface area contributed by atoms with E-state index in [1.807, 2.05) is 66.7 Å². The summed E-state index contributed by atoms with van der Waals surface area (Å²) in [6, 6.07) is 21.1. The quantitative estimate of drug-likeness (QED) is 0.674. The van der Waals surface area contributed by atoms with Crippen LogP contribution in [0.5, 0.6) is 0 Å². The number of halogens is 1. The van der Waals surface area contributed by atoms with Crippen molar-refractivity contribution in [1.29, 1.82) is 0 Å². The Kier molecular flexibility index (Phi) is 5.17. The molecule has 0 saturated carbocycles. The third-order valence-electron chi connectivity index (χ3n) is 4.94. The lowest BCUT2D eigenvalue weighted by molar-refractivity contribution is -0.143. The molecular weight excluding hydrogens is 374 g/mol. The van der Waals surface area contributed by atoms with Crippen LogP contribution in [0.3, 0.4) is 0 Å². The van der Waals surface area contributed by atoms with Crippen LogP contribution >= 0.6 is 11.6 Å². The first-order valence-electron chi connectivity index (χ1n) is 9.20. The van der Waals surface area contributed by atoms with Gasteiger partial charge in [0.1, 0.15) is 0 Å². The van der Waals surface area contributed by atoms with Gasteiger partial charge in [0, 0.05) is 42.6 Å². The molecule has 0 bridgehead atoms. The lowest BCUT2D eigenvalue weighted by Crippen LogP contribution is -2.51. The number of nitrogens with one attached hydrogen (secondary N) is 1. The Morgan fingerprint density at radius 2 is 1.57 bits per heavy atom. The lowest BCUT2D eigenvalue weighted by Gasteiger charge is -2.35. The summed E-state index contributed by atoms with van der Waals surface area (Å²) in [5, 5.41) is 5.51. The predicted octanol–water partition coefficient (Wildman–Crippen LogP) is 3.78. The molecule has 1 fully saturated rings. The number of rotatable bonds is 2. The van der Waals surface area contributed by atoms with Crippen LogP contribution in [0.1, 0.15) is 0 Å². The van der Waals surface area contributed by atoms with Crippen molar-refractivity contribution in [2.45, 2.75) is 0 Å². The number of anilines is 2. The van der Waals surface area contributed by atoms with E-state index in [9.17, 15) is 9.59 Å². The standard InChI is InChI=1S/C22H20ClN3O2/c23-18-6-3-7-20(15-18)25-10-12-26(13-11-25)22(28)21(27)24-19-9-8-16-4-1-2-5-17(16)14-19/h1-9,14-15H,10-13H2,(H,24,27). The van der Waals surface area contributed by atoms with E-state index in [1.165, 1.54) is 0 Å². The number of piperazine rings is 1. The topological polar surface area (TPSA) is 52.7 Å². The highest BCUT2D eigenvalue weighted by Crippen LogP contribution is 2.21. The van der Waals surface area contributed by atoms with Crippen LogP contribution in [-0.4, -0.2) is 42.9 Å². The monoisotopic (exact) mass is 393 g/mol. The Hall–Kier alpha value is -3.05. The number of carbonyl (C=O) groups excluding carboxylic acids is 2. The summed E-state index contributed by atoms with van der Waals surface area (Å²) in [4.78, 5) is 28.7. The molecule has 0 radical (unpaired) electrons. The molecule has 3 aromatic carbocycles. The van der Waals surface area contributed by atoms with Crippen LogP contribution in [0.25, 0.3) is 10.8 Å². The van der Waals surface area contributed by atoms with Crippen molar-refractivity contribution in [3.63, 3.8) is 0 Å². The number of nitrogens with zero attached hydrogens (tertiary/aromatic N) is 2. The molecule has 2 amide bonds. The molecule has 0 aliphatic carbocycles. The van der Waals surface area contributed by atoms with E-state index in [0.29, 0.717) is 36.9 Å². The van der Waals surface area contributed by atoms with Gasteiger partial charge in [-0.3, -0.25) is 9.59 Å². The molecule has 1 aliphatic rings. The summed E-state index contributed by atoms with van der Waals surface area (Å²) in [5.74, 6) is -1.11. The maximum absolute atomic E-state index is 12.5. The first kappa shape index (κ1) is 18.3. The van der Waals surface area contributed by atoms with Gasteiger partial charge in [0.25, 0.3) is 0 Å². The van der Waals surface area contributed by atoms with Crippen molar-refractivity contribution in [1.82, 2.24) is 4.90 Å². The van der Waals surface area contributed by atoms with Gasteiger partial charge in [0.05, 0.1) is 0 Å². The summed E-state index contributed by atoms with van der Waals surface area (Å²) in [7, 11) is 0. The highest BCUT2D eigenvalue weighted by Gasteiger charge is 2.26. The van der Waals surface area contributed by atoms with Crippen LogP contribution in [0, 0.1) is 0 Å². The minimum Gasteiger partial charge on any atom is -0.368 e. The fourth-order valence-electron chi connectivity index (χ4n) is 3.44. The first-order valence-corrected chi connectivity index (χ1v) is 9.57. The van der Waals surface area contributed by atoms with Crippen molar-refractivity contribution in [2.75, 3.05) is 36.4 Å². The van der Waals surface area contributed by atoms with Crippen molar-refractivity contribution in [2.24, 2.45) is 0 Å². The molecule has 1 heterocycles. The van der Waals surface area contributed by atoms with Crippen LogP contribution in [-0.2, 0) is 9.59 Å². The van der Waals surface area contributed by atoms with Gasteiger partial charge < -0.3 is 15.1 Å². The zero-order valence-corrected chi connectivity index (χ0v) is 16.0. The van der Waals surface area contributed by atoms with Gasteiger partial charge in [-0.1, -0.05) is 48.0 Å². The number of carbonyl (C=O) groups is 2. The fraction of sp³-hybridized carbons (Fsp3) is 0.182. The number of amides is 2. The maximum atomic E-state index is 12.5. The Morgan fingerprint density at radius 3 is 2.32 bits per heavy atom. The average molecular weight is 394 g/mol. The summed E-state index contributed by atoms with van der Waals surface area (Å²) in [5.41, 5.74) is 1.65. The van der Waals surface area contributed by atoms with E-state index in [1.54, 1.807) is 4.90 Å². The molecule has 0 unspecified atom stereocenters. The smallest absolute Gasteiger partial charge is 0.313 e. The van der Waals surface area contributed by atoms with Crippen molar-refractivity contribution in [3.05, 3.63) is 71.8 Å². The number of hydrogen-bond acceptors (Lipinski definition) is 3. The maximum Gasteiger partial charge on any atom is 0.313 e. The van der Waals surface area contributed by atoms with E-state index in [2.05, 4.69) is 10.2 Å². The molecule has 1 N–H and O–H groups in total. The molecule has 4 rings (SSSR count). The van der Waals surface area contributed by atoms with Gasteiger partial charge in [0.2, 0.25) is 0 Å². The largest absolute Gasteiger partial charge is 0.368 e. The minimum absolute atomic E-state index is 0.497. The number of benzene rings is 3. The first-order chi connectivity index (χ1) is 13.6. The third-order valence-corrected chi connectivity index (χ3v) is 5.18. The van der Waals surface area contributed by atoms with Gasteiger partial charge in [-0.15, -0.1) is 0 Å². The molecule has 28 heavy (non-hydrogen) atoms. The predicted molar refractivity (Wildman–Crippen MR) is 113 cm³/mol. The van der Waals surface area contributed by atoms with Gasteiger partial charge in [-0.2, -0.15) is 0 Å². The lowest BCUT2D eigenvalue weighted by atomic mass is 10.1.